The summed E-state index contributed by atoms with van der Waals surface area (Å²) in [5.74, 6) is 0.750. The van der Waals surface area contributed by atoms with Crippen molar-refractivity contribution in [3.63, 3.8) is 0 Å². The molecular weight excluding hydrogens is 308 g/mol. The Balaban J connectivity index is 2.04. The minimum absolute atomic E-state index is 0.571. The fourth-order valence-corrected chi connectivity index (χ4v) is 2.90. The highest BCUT2D eigenvalue weighted by Crippen LogP contribution is 2.32. The molecule has 116 valence electrons. The van der Waals surface area contributed by atoms with Crippen LogP contribution in [0.15, 0.2) is 69.8 Å². The number of hydrogen-bond acceptors (Lipinski definition) is 3. The average molecular weight is 324 g/mol. The van der Waals surface area contributed by atoms with E-state index < -0.39 is 11.0 Å². The zero-order chi connectivity index (χ0) is 16.2. The summed E-state index contributed by atoms with van der Waals surface area (Å²) in [6.45, 7) is 1.89. The van der Waals surface area contributed by atoms with Gasteiger partial charge in [0.05, 0.1) is 10.5 Å². The number of benzene rings is 1. The van der Waals surface area contributed by atoms with Crippen LogP contribution in [0.2, 0.25) is 0 Å². The molecule has 1 aliphatic carbocycles. The van der Waals surface area contributed by atoms with Crippen LogP contribution in [0.3, 0.4) is 0 Å². The van der Waals surface area contributed by atoms with E-state index in [1.165, 1.54) is 0 Å². The molecule has 3 rings (SSSR count). The standard InChI is InChI=1S/C18H16N2O2S/c1-13-17(18(20-22-13)15-7-3-2-4-8-15)14-9-5-11-16(23(19)21)12-6-10-14/h2-4,7-12H,5,19H2,1H3/b14-9+,16-11+. The quantitative estimate of drug-likeness (QED) is 0.876. The van der Waals surface area contributed by atoms with E-state index in [1.54, 1.807) is 6.08 Å². The van der Waals surface area contributed by atoms with E-state index >= 15 is 0 Å². The van der Waals surface area contributed by atoms with Crippen LogP contribution in [0.5, 0.6) is 0 Å². The van der Waals surface area contributed by atoms with E-state index in [9.17, 15) is 4.21 Å². The van der Waals surface area contributed by atoms with Gasteiger partial charge < -0.3 is 4.52 Å². The molecule has 1 atom stereocenters. The van der Waals surface area contributed by atoms with Crippen LogP contribution in [0.4, 0.5) is 0 Å². The summed E-state index contributed by atoms with van der Waals surface area (Å²) in [6, 6.07) is 9.90. The predicted molar refractivity (Wildman–Crippen MR) is 92.3 cm³/mol. The van der Waals surface area contributed by atoms with Gasteiger partial charge in [-0.1, -0.05) is 47.6 Å². The minimum atomic E-state index is -1.49. The maximum absolute atomic E-state index is 11.4. The van der Waals surface area contributed by atoms with Crippen LogP contribution in [-0.4, -0.2) is 9.37 Å². The molecule has 0 radical (unpaired) electrons. The van der Waals surface area contributed by atoms with Crippen LogP contribution in [0.25, 0.3) is 16.8 Å². The molecule has 1 aliphatic rings. The SMILES string of the molecule is Cc1onc(-c2ccccc2)c1/C1=C/C/C=C(/S(N)=O)C=C=C1. The maximum atomic E-state index is 11.4. The highest BCUT2D eigenvalue weighted by molar-refractivity contribution is 7.86. The molecule has 1 heterocycles. The first-order valence-electron chi connectivity index (χ1n) is 7.18. The van der Waals surface area contributed by atoms with Gasteiger partial charge in [-0.2, -0.15) is 0 Å². The Morgan fingerprint density at radius 1 is 1.22 bits per heavy atom. The summed E-state index contributed by atoms with van der Waals surface area (Å²) in [6.07, 6.45) is 7.97. The second-order valence-electron chi connectivity index (χ2n) is 5.08. The molecule has 0 saturated carbocycles. The van der Waals surface area contributed by atoms with Gasteiger partial charge in [-0.25, -0.2) is 9.35 Å². The first kappa shape index (κ1) is 15.4. The lowest BCUT2D eigenvalue weighted by molar-refractivity contribution is 0.399. The van der Waals surface area contributed by atoms with Crippen molar-refractivity contribution in [1.82, 2.24) is 5.16 Å². The number of aryl methyl sites for hydroxylation is 1. The molecule has 5 heteroatoms. The molecule has 0 fully saturated rings. The molecule has 1 aromatic carbocycles. The first-order chi connectivity index (χ1) is 11.2. The van der Waals surface area contributed by atoms with Crippen molar-refractivity contribution in [2.75, 3.05) is 0 Å². The molecule has 0 amide bonds. The second kappa shape index (κ2) is 6.75. The third-order valence-electron chi connectivity index (χ3n) is 3.55. The monoisotopic (exact) mass is 324 g/mol. The van der Waals surface area contributed by atoms with Crippen molar-refractivity contribution in [3.05, 3.63) is 76.6 Å². The molecule has 0 spiro atoms. The van der Waals surface area contributed by atoms with Crippen molar-refractivity contribution in [2.45, 2.75) is 13.3 Å². The van der Waals surface area contributed by atoms with Gasteiger partial charge in [0.1, 0.15) is 22.4 Å². The molecule has 0 bridgehead atoms. The van der Waals surface area contributed by atoms with E-state index in [4.69, 9.17) is 9.66 Å². The molecule has 1 aromatic heterocycles. The number of aromatic nitrogens is 1. The van der Waals surface area contributed by atoms with E-state index in [1.807, 2.05) is 55.5 Å². The fourth-order valence-electron chi connectivity index (χ4n) is 2.45. The Labute approximate surface area is 137 Å². The summed E-state index contributed by atoms with van der Waals surface area (Å²) >= 11 is 0. The van der Waals surface area contributed by atoms with Gasteiger partial charge in [0.25, 0.3) is 0 Å². The normalized spacial score (nSPS) is 20.1. The number of allylic oxidation sites excluding steroid dienone is 4. The largest absolute Gasteiger partial charge is 0.360 e. The first-order valence-corrected chi connectivity index (χ1v) is 8.39. The predicted octanol–water partition coefficient (Wildman–Crippen LogP) is 3.65. The average Bonchev–Trinajstić information content (AvgIpc) is 2.89. The minimum Gasteiger partial charge on any atom is -0.360 e. The van der Waals surface area contributed by atoms with E-state index in [-0.39, 0.29) is 0 Å². The second-order valence-corrected chi connectivity index (χ2v) is 6.15. The number of nitrogens with two attached hydrogens (primary N) is 1. The summed E-state index contributed by atoms with van der Waals surface area (Å²) in [5, 5.41) is 9.61. The molecule has 2 N–H and O–H groups in total. The summed E-state index contributed by atoms with van der Waals surface area (Å²) in [5.41, 5.74) is 6.75. The van der Waals surface area contributed by atoms with Gasteiger partial charge in [0.2, 0.25) is 0 Å². The van der Waals surface area contributed by atoms with Crippen molar-refractivity contribution in [3.8, 4) is 11.3 Å². The Hall–Kier alpha value is -2.46. The Morgan fingerprint density at radius 3 is 2.74 bits per heavy atom. The zero-order valence-corrected chi connectivity index (χ0v) is 13.5. The Morgan fingerprint density at radius 2 is 2.00 bits per heavy atom. The molecular formula is C18H16N2O2S. The van der Waals surface area contributed by atoms with Crippen molar-refractivity contribution >= 4 is 16.6 Å². The smallest absolute Gasteiger partial charge is 0.142 e. The Kier molecular flexibility index (Phi) is 4.53. The third-order valence-corrected chi connectivity index (χ3v) is 4.30. The van der Waals surface area contributed by atoms with Gasteiger partial charge in [0, 0.05) is 5.56 Å². The lowest BCUT2D eigenvalue weighted by atomic mass is 9.98. The van der Waals surface area contributed by atoms with E-state index in [0.717, 1.165) is 28.2 Å². The zero-order valence-electron chi connectivity index (χ0n) is 12.7. The highest BCUT2D eigenvalue weighted by Gasteiger charge is 2.17. The highest BCUT2D eigenvalue weighted by atomic mass is 32.2. The number of nitrogens with zero attached hydrogens (tertiary/aromatic N) is 1. The third kappa shape index (κ3) is 3.32. The number of hydrogen-bond donors (Lipinski definition) is 1. The molecule has 4 nitrogen and oxygen atoms in total. The van der Waals surface area contributed by atoms with Gasteiger partial charge in [0.15, 0.2) is 0 Å². The van der Waals surface area contributed by atoms with E-state index in [0.29, 0.717) is 11.3 Å². The summed E-state index contributed by atoms with van der Waals surface area (Å²) < 4.78 is 16.8. The van der Waals surface area contributed by atoms with Gasteiger partial charge in [-0.05, 0) is 31.1 Å². The molecule has 0 aliphatic heterocycles. The van der Waals surface area contributed by atoms with Gasteiger partial charge in [-0.15, -0.1) is 5.73 Å². The van der Waals surface area contributed by atoms with Gasteiger partial charge >= 0.3 is 0 Å². The van der Waals surface area contributed by atoms with Crippen molar-refractivity contribution in [1.29, 1.82) is 0 Å². The molecule has 0 saturated heterocycles. The lowest BCUT2D eigenvalue weighted by Gasteiger charge is -2.05. The van der Waals surface area contributed by atoms with Crippen LogP contribution in [0.1, 0.15) is 17.7 Å². The van der Waals surface area contributed by atoms with Crippen LogP contribution >= 0.6 is 0 Å². The topological polar surface area (TPSA) is 69.1 Å². The van der Waals surface area contributed by atoms with Crippen molar-refractivity contribution in [2.24, 2.45) is 5.14 Å². The fraction of sp³-hybridized carbons (Fsp3) is 0.111. The van der Waals surface area contributed by atoms with Crippen molar-refractivity contribution < 1.29 is 8.73 Å². The molecule has 2 aromatic rings. The van der Waals surface area contributed by atoms with Gasteiger partial charge in [-0.3, -0.25) is 0 Å². The maximum Gasteiger partial charge on any atom is 0.142 e. The molecule has 1 unspecified atom stereocenters. The van der Waals surface area contributed by atoms with E-state index in [2.05, 4.69) is 10.9 Å². The summed E-state index contributed by atoms with van der Waals surface area (Å²) in [4.78, 5) is 0.571. The molecule has 23 heavy (non-hydrogen) atoms. The Bertz CT molecular complexity index is 870. The van der Waals surface area contributed by atoms with Crippen LogP contribution < -0.4 is 5.14 Å². The van der Waals surface area contributed by atoms with Crippen LogP contribution in [0, 0.1) is 6.92 Å². The van der Waals surface area contributed by atoms with Crippen LogP contribution in [-0.2, 0) is 11.0 Å². The summed E-state index contributed by atoms with van der Waals surface area (Å²) in [7, 11) is -1.49. The number of rotatable bonds is 3. The lowest BCUT2D eigenvalue weighted by Crippen LogP contribution is -2.03.